The molecule has 0 radical (unpaired) electrons. The van der Waals surface area contributed by atoms with E-state index in [9.17, 15) is 9.59 Å². The average Bonchev–Trinajstić information content (AvgIpc) is 3.16. The van der Waals surface area contributed by atoms with Crippen LogP contribution in [-0.4, -0.2) is 24.1 Å². The molecular weight excluding hydrogens is 246 g/mol. The Morgan fingerprint density at radius 3 is 2.68 bits per heavy atom. The van der Waals surface area contributed by atoms with Crippen LogP contribution in [0, 0.1) is 18.8 Å². The molecule has 2 rings (SSSR count). The molecule has 0 aliphatic heterocycles. The number of aliphatic carboxylic acids is 1. The highest BCUT2D eigenvalue weighted by Crippen LogP contribution is 2.38. The minimum Gasteiger partial charge on any atom is -0.496 e. The van der Waals surface area contributed by atoms with Gasteiger partial charge in [-0.25, -0.2) is 0 Å². The van der Waals surface area contributed by atoms with Crippen LogP contribution >= 0.6 is 0 Å². The molecule has 0 spiro atoms. The van der Waals surface area contributed by atoms with Crippen molar-refractivity contribution in [2.75, 3.05) is 7.11 Å². The quantitative estimate of drug-likeness (QED) is 0.840. The zero-order valence-corrected chi connectivity index (χ0v) is 11.0. The summed E-state index contributed by atoms with van der Waals surface area (Å²) in [5, 5.41) is 11.5. The molecule has 19 heavy (non-hydrogen) atoms. The monoisotopic (exact) mass is 263 g/mol. The zero-order valence-electron chi connectivity index (χ0n) is 11.0. The number of hydrogen-bond donors (Lipinski definition) is 2. The fourth-order valence-electron chi connectivity index (χ4n) is 2.13. The highest BCUT2D eigenvalue weighted by Gasteiger charge is 2.48. The van der Waals surface area contributed by atoms with Gasteiger partial charge in [-0.05, 0) is 30.5 Å². The van der Waals surface area contributed by atoms with Crippen LogP contribution in [-0.2, 0) is 16.1 Å². The number of amides is 1. The maximum atomic E-state index is 11.7. The van der Waals surface area contributed by atoms with Crippen molar-refractivity contribution in [1.29, 1.82) is 0 Å². The maximum Gasteiger partial charge on any atom is 0.307 e. The molecule has 1 aromatic rings. The Bertz CT molecular complexity index is 512. The summed E-state index contributed by atoms with van der Waals surface area (Å²) in [6.07, 6.45) is 0.447. The van der Waals surface area contributed by atoms with E-state index in [1.165, 1.54) is 0 Å². The zero-order chi connectivity index (χ0) is 14.0. The lowest BCUT2D eigenvalue weighted by molar-refractivity contribution is -0.140. The molecule has 0 heterocycles. The molecule has 0 aromatic heterocycles. The number of methoxy groups -OCH3 is 1. The molecule has 2 atom stereocenters. The van der Waals surface area contributed by atoms with Gasteiger partial charge in [-0.2, -0.15) is 0 Å². The number of carboxylic acid groups (broad SMARTS) is 1. The number of carbonyl (C=O) groups excluding carboxylic acids is 1. The molecule has 1 amide bonds. The van der Waals surface area contributed by atoms with Gasteiger partial charge >= 0.3 is 5.97 Å². The first kappa shape index (κ1) is 13.4. The van der Waals surface area contributed by atoms with E-state index < -0.39 is 11.9 Å². The van der Waals surface area contributed by atoms with Crippen LogP contribution in [0.1, 0.15) is 17.5 Å². The van der Waals surface area contributed by atoms with Gasteiger partial charge in [0, 0.05) is 6.54 Å². The lowest BCUT2D eigenvalue weighted by atomic mass is 10.1. The highest BCUT2D eigenvalue weighted by molar-refractivity contribution is 5.89. The number of benzene rings is 1. The van der Waals surface area contributed by atoms with Gasteiger partial charge in [0.25, 0.3) is 0 Å². The van der Waals surface area contributed by atoms with Gasteiger partial charge in [0.05, 0.1) is 18.9 Å². The van der Waals surface area contributed by atoms with E-state index in [0.29, 0.717) is 13.0 Å². The number of hydrogen-bond acceptors (Lipinski definition) is 3. The van der Waals surface area contributed by atoms with Crippen molar-refractivity contribution >= 4 is 11.9 Å². The molecule has 2 N–H and O–H groups in total. The van der Waals surface area contributed by atoms with E-state index in [1.807, 2.05) is 25.1 Å². The summed E-state index contributed by atoms with van der Waals surface area (Å²) in [6, 6.07) is 5.68. The Kier molecular flexibility index (Phi) is 3.74. The highest BCUT2D eigenvalue weighted by atomic mass is 16.5. The molecular formula is C14H17NO4. The predicted octanol–water partition coefficient (Wildman–Crippen LogP) is 1.34. The summed E-state index contributed by atoms with van der Waals surface area (Å²) in [5.41, 5.74) is 1.98. The maximum absolute atomic E-state index is 11.7. The molecule has 1 aromatic carbocycles. The van der Waals surface area contributed by atoms with Crippen LogP contribution < -0.4 is 10.1 Å². The summed E-state index contributed by atoms with van der Waals surface area (Å²) >= 11 is 0. The van der Waals surface area contributed by atoms with Gasteiger partial charge in [0.1, 0.15) is 5.75 Å². The van der Waals surface area contributed by atoms with E-state index in [1.54, 1.807) is 7.11 Å². The third-order valence-electron chi connectivity index (χ3n) is 3.37. The first-order valence-corrected chi connectivity index (χ1v) is 6.17. The molecule has 102 valence electrons. The van der Waals surface area contributed by atoms with Crippen molar-refractivity contribution in [3.8, 4) is 5.75 Å². The Balaban J connectivity index is 1.87. The van der Waals surface area contributed by atoms with Crippen molar-refractivity contribution in [1.82, 2.24) is 5.32 Å². The standard InChI is InChI=1S/C14H17NO4/c1-8-5-9(3-4-12(8)19-2)7-15-13(16)10-6-11(10)14(17)18/h3-5,10-11H,6-7H2,1-2H3,(H,15,16)(H,17,18)/t10-,11-/m0/s1. The SMILES string of the molecule is COc1ccc(CNC(=O)[C@H]2C[C@@H]2C(=O)O)cc1C. The lowest BCUT2D eigenvalue weighted by Crippen LogP contribution is -2.25. The summed E-state index contributed by atoms with van der Waals surface area (Å²) in [5.74, 6) is -1.13. The van der Waals surface area contributed by atoms with Crippen LogP contribution in [0.3, 0.4) is 0 Å². The van der Waals surface area contributed by atoms with E-state index in [0.717, 1.165) is 16.9 Å². The summed E-state index contributed by atoms with van der Waals surface area (Å²) in [4.78, 5) is 22.4. The van der Waals surface area contributed by atoms with E-state index in [4.69, 9.17) is 9.84 Å². The second kappa shape index (κ2) is 5.30. The van der Waals surface area contributed by atoms with Crippen LogP contribution in [0.5, 0.6) is 5.75 Å². The predicted molar refractivity (Wildman–Crippen MR) is 68.8 cm³/mol. The van der Waals surface area contributed by atoms with Crippen molar-refractivity contribution in [3.05, 3.63) is 29.3 Å². The lowest BCUT2D eigenvalue weighted by Gasteiger charge is -2.08. The van der Waals surface area contributed by atoms with Gasteiger partial charge in [-0.1, -0.05) is 12.1 Å². The molecule has 0 bridgehead atoms. The molecule has 1 aliphatic carbocycles. The van der Waals surface area contributed by atoms with Gasteiger partial charge < -0.3 is 15.2 Å². The molecule has 1 aliphatic rings. The van der Waals surface area contributed by atoms with E-state index in [2.05, 4.69) is 5.32 Å². The van der Waals surface area contributed by atoms with Crippen molar-refractivity contribution < 1.29 is 19.4 Å². The Hall–Kier alpha value is -2.04. The topological polar surface area (TPSA) is 75.6 Å². The Labute approximate surface area is 111 Å². The molecule has 1 saturated carbocycles. The van der Waals surface area contributed by atoms with Crippen molar-refractivity contribution in [3.63, 3.8) is 0 Å². The van der Waals surface area contributed by atoms with Gasteiger partial charge in [-0.15, -0.1) is 0 Å². The van der Waals surface area contributed by atoms with Crippen LogP contribution in [0.15, 0.2) is 18.2 Å². The summed E-state index contributed by atoms with van der Waals surface area (Å²) < 4.78 is 5.16. The van der Waals surface area contributed by atoms with Gasteiger partial charge in [-0.3, -0.25) is 9.59 Å². The number of aryl methyl sites for hydroxylation is 1. The summed E-state index contributed by atoms with van der Waals surface area (Å²) in [6.45, 7) is 2.35. The number of carbonyl (C=O) groups is 2. The summed E-state index contributed by atoms with van der Waals surface area (Å²) in [7, 11) is 1.61. The van der Waals surface area contributed by atoms with E-state index >= 15 is 0 Å². The molecule has 5 nitrogen and oxygen atoms in total. The fraction of sp³-hybridized carbons (Fsp3) is 0.429. The molecule has 0 saturated heterocycles. The largest absolute Gasteiger partial charge is 0.496 e. The minimum atomic E-state index is -0.888. The molecule has 5 heteroatoms. The van der Waals surface area contributed by atoms with Crippen LogP contribution in [0.4, 0.5) is 0 Å². The smallest absolute Gasteiger partial charge is 0.307 e. The molecule has 0 unspecified atom stereocenters. The molecule has 1 fully saturated rings. The Morgan fingerprint density at radius 2 is 2.16 bits per heavy atom. The third kappa shape index (κ3) is 3.05. The number of nitrogens with one attached hydrogen (secondary N) is 1. The first-order valence-electron chi connectivity index (χ1n) is 6.17. The second-order valence-electron chi connectivity index (χ2n) is 4.81. The number of carboxylic acids is 1. The Morgan fingerprint density at radius 1 is 1.42 bits per heavy atom. The average molecular weight is 263 g/mol. The van der Waals surface area contributed by atoms with Crippen LogP contribution in [0.2, 0.25) is 0 Å². The normalized spacial score (nSPS) is 20.7. The van der Waals surface area contributed by atoms with Gasteiger partial charge in [0.2, 0.25) is 5.91 Å². The van der Waals surface area contributed by atoms with Crippen molar-refractivity contribution in [2.45, 2.75) is 19.9 Å². The van der Waals surface area contributed by atoms with Gasteiger partial charge in [0.15, 0.2) is 0 Å². The number of rotatable bonds is 5. The van der Waals surface area contributed by atoms with Crippen LogP contribution in [0.25, 0.3) is 0 Å². The second-order valence-corrected chi connectivity index (χ2v) is 4.81. The van der Waals surface area contributed by atoms with Crippen molar-refractivity contribution in [2.24, 2.45) is 11.8 Å². The third-order valence-corrected chi connectivity index (χ3v) is 3.37. The fourth-order valence-corrected chi connectivity index (χ4v) is 2.13. The minimum absolute atomic E-state index is 0.180. The first-order chi connectivity index (χ1) is 9.02. The van der Waals surface area contributed by atoms with E-state index in [-0.39, 0.29) is 11.8 Å². The number of ether oxygens (including phenoxy) is 1.